The van der Waals surface area contributed by atoms with E-state index in [-0.39, 0.29) is 0 Å². The molecule has 1 N–H and O–H groups in total. The molecule has 3 nitrogen and oxygen atoms in total. The quantitative estimate of drug-likeness (QED) is 0.876. The monoisotopic (exact) mass is 239 g/mol. The van der Waals surface area contributed by atoms with E-state index in [0.717, 1.165) is 12.5 Å². The maximum Gasteiger partial charge on any atom is 0.203 e. The summed E-state index contributed by atoms with van der Waals surface area (Å²) in [5.74, 6) is 4.24. The van der Waals surface area contributed by atoms with Crippen LogP contribution >= 0.6 is 11.8 Å². The smallest absolute Gasteiger partial charge is 0.203 e. The van der Waals surface area contributed by atoms with Crippen molar-refractivity contribution >= 4 is 17.7 Å². The maximum atomic E-state index is 4.41. The zero-order valence-electron chi connectivity index (χ0n) is 10.1. The molecule has 0 amide bonds. The number of imidazole rings is 1. The molecular formula is C12H21N3S. The zero-order chi connectivity index (χ0) is 11.4. The predicted octanol–water partition coefficient (Wildman–Crippen LogP) is 2.85. The van der Waals surface area contributed by atoms with E-state index >= 15 is 0 Å². The van der Waals surface area contributed by atoms with E-state index in [1.807, 2.05) is 18.0 Å². The maximum absolute atomic E-state index is 4.41. The Morgan fingerprint density at radius 1 is 1.62 bits per heavy atom. The minimum Gasteiger partial charge on any atom is -0.352 e. The van der Waals surface area contributed by atoms with Gasteiger partial charge in [-0.25, -0.2) is 4.98 Å². The third kappa shape index (κ3) is 3.17. The second-order valence-corrected chi connectivity index (χ2v) is 6.01. The van der Waals surface area contributed by atoms with Gasteiger partial charge in [-0.3, -0.25) is 0 Å². The summed E-state index contributed by atoms with van der Waals surface area (Å²) in [5.41, 5.74) is 0. The summed E-state index contributed by atoms with van der Waals surface area (Å²) >= 11 is 2.05. The molecule has 1 aromatic heterocycles. The molecule has 2 heterocycles. The SMILES string of the molecule is CC(C)Cn1ccnc1NC1CCCSC1. The molecular weight excluding hydrogens is 218 g/mol. The molecule has 0 saturated carbocycles. The average molecular weight is 239 g/mol. The standard InChI is InChI=1S/C12H21N3S/c1-10(2)8-15-6-5-13-12(15)14-11-4-3-7-16-9-11/h5-6,10-11H,3-4,7-9H2,1-2H3,(H,13,14). The topological polar surface area (TPSA) is 29.9 Å². The number of nitrogens with one attached hydrogen (secondary N) is 1. The molecule has 16 heavy (non-hydrogen) atoms. The molecule has 0 aromatic carbocycles. The highest BCUT2D eigenvalue weighted by Gasteiger charge is 2.15. The van der Waals surface area contributed by atoms with Gasteiger partial charge in [0.05, 0.1) is 0 Å². The van der Waals surface area contributed by atoms with Crippen LogP contribution in [-0.2, 0) is 6.54 Å². The van der Waals surface area contributed by atoms with Gasteiger partial charge in [0.25, 0.3) is 0 Å². The Hall–Kier alpha value is -0.640. The third-order valence-corrected chi connectivity index (χ3v) is 3.99. The Labute approximate surface area is 102 Å². The third-order valence-electron chi connectivity index (χ3n) is 2.77. The molecule has 1 aliphatic rings. The van der Waals surface area contributed by atoms with E-state index in [1.54, 1.807) is 0 Å². The second kappa shape index (κ2) is 5.62. The van der Waals surface area contributed by atoms with Crippen molar-refractivity contribution in [2.75, 3.05) is 16.8 Å². The van der Waals surface area contributed by atoms with Crippen molar-refractivity contribution in [1.82, 2.24) is 9.55 Å². The number of thioether (sulfide) groups is 1. The molecule has 1 aromatic rings. The van der Waals surface area contributed by atoms with Crippen molar-refractivity contribution in [3.63, 3.8) is 0 Å². The lowest BCUT2D eigenvalue weighted by atomic mass is 10.2. The largest absolute Gasteiger partial charge is 0.352 e. The van der Waals surface area contributed by atoms with Crippen LogP contribution in [0.1, 0.15) is 26.7 Å². The Morgan fingerprint density at radius 3 is 3.19 bits per heavy atom. The minimum absolute atomic E-state index is 0.604. The summed E-state index contributed by atoms with van der Waals surface area (Å²) in [7, 11) is 0. The lowest BCUT2D eigenvalue weighted by Gasteiger charge is -2.23. The van der Waals surface area contributed by atoms with Crippen molar-refractivity contribution < 1.29 is 0 Å². The van der Waals surface area contributed by atoms with Gasteiger partial charge in [-0.15, -0.1) is 0 Å². The number of hydrogen-bond acceptors (Lipinski definition) is 3. The first-order chi connectivity index (χ1) is 7.75. The molecule has 1 fully saturated rings. The summed E-state index contributed by atoms with van der Waals surface area (Å²) in [5, 5.41) is 3.57. The van der Waals surface area contributed by atoms with Crippen LogP contribution < -0.4 is 5.32 Å². The van der Waals surface area contributed by atoms with Crippen LogP contribution in [0.15, 0.2) is 12.4 Å². The van der Waals surface area contributed by atoms with E-state index in [9.17, 15) is 0 Å². The van der Waals surface area contributed by atoms with Gasteiger partial charge >= 0.3 is 0 Å². The van der Waals surface area contributed by atoms with E-state index in [4.69, 9.17) is 0 Å². The van der Waals surface area contributed by atoms with E-state index in [1.165, 1.54) is 24.3 Å². The number of aromatic nitrogens is 2. The van der Waals surface area contributed by atoms with Crippen LogP contribution in [0.25, 0.3) is 0 Å². The van der Waals surface area contributed by atoms with Crippen LogP contribution in [-0.4, -0.2) is 27.1 Å². The van der Waals surface area contributed by atoms with Crippen LogP contribution in [0.3, 0.4) is 0 Å². The van der Waals surface area contributed by atoms with Gasteiger partial charge in [0.1, 0.15) is 0 Å². The Bertz CT molecular complexity index is 316. The van der Waals surface area contributed by atoms with Gasteiger partial charge in [-0.1, -0.05) is 13.8 Å². The van der Waals surface area contributed by atoms with Crippen LogP contribution in [0, 0.1) is 5.92 Å². The van der Waals surface area contributed by atoms with Crippen molar-refractivity contribution in [1.29, 1.82) is 0 Å². The molecule has 4 heteroatoms. The summed E-state index contributed by atoms with van der Waals surface area (Å²) in [4.78, 5) is 4.41. The molecule has 1 aliphatic heterocycles. The Kier molecular flexibility index (Phi) is 4.16. The highest BCUT2D eigenvalue weighted by Crippen LogP contribution is 2.20. The van der Waals surface area contributed by atoms with Gasteiger partial charge in [-0.2, -0.15) is 11.8 Å². The second-order valence-electron chi connectivity index (χ2n) is 4.86. The summed E-state index contributed by atoms with van der Waals surface area (Å²) in [6.45, 7) is 5.52. The Morgan fingerprint density at radius 2 is 2.50 bits per heavy atom. The van der Waals surface area contributed by atoms with E-state index in [2.05, 4.69) is 34.9 Å². The van der Waals surface area contributed by atoms with Crippen LogP contribution in [0.2, 0.25) is 0 Å². The van der Waals surface area contributed by atoms with Crippen LogP contribution in [0.5, 0.6) is 0 Å². The fraction of sp³-hybridized carbons (Fsp3) is 0.750. The molecule has 2 rings (SSSR count). The van der Waals surface area contributed by atoms with E-state index in [0.29, 0.717) is 12.0 Å². The molecule has 1 saturated heterocycles. The number of nitrogens with zero attached hydrogens (tertiary/aromatic N) is 2. The lowest BCUT2D eigenvalue weighted by molar-refractivity contribution is 0.523. The van der Waals surface area contributed by atoms with Gasteiger partial charge in [0.2, 0.25) is 5.95 Å². The van der Waals surface area contributed by atoms with Gasteiger partial charge in [0.15, 0.2) is 0 Å². The Balaban J connectivity index is 1.94. The van der Waals surface area contributed by atoms with Gasteiger partial charge in [-0.05, 0) is 24.5 Å². The zero-order valence-corrected chi connectivity index (χ0v) is 11.0. The molecule has 1 unspecified atom stereocenters. The fourth-order valence-corrected chi connectivity index (χ4v) is 3.10. The normalized spacial score (nSPS) is 21.3. The molecule has 0 spiro atoms. The van der Waals surface area contributed by atoms with Crippen molar-refractivity contribution in [2.24, 2.45) is 5.92 Å². The minimum atomic E-state index is 0.604. The lowest BCUT2D eigenvalue weighted by Crippen LogP contribution is -2.27. The van der Waals surface area contributed by atoms with Crippen molar-refractivity contribution in [3.8, 4) is 0 Å². The average Bonchev–Trinajstić information content (AvgIpc) is 2.66. The highest BCUT2D eigenvalue weighted by molar-refractivity contribution is 7.99. The van der Waals surface area contributed by atoms with Gasteiger partial charge in [0, 0.05) is 30.7 Å². The van der Waals surface area contributed by atoms with Crippen LogP contribution in [0.4, 0.5) is 5.95 Å². The molecule has 0 bridgehead atoms. The summed E-state index contributed by atoms with van der Waals surface area (Å²) < 4.78 is 2.23. The number of hydrogen-bond donors (Lipinski definition) is 1. The van der Waals surface area contributed by atoms with E-state index < -0.39 is 0 Å². The first kappa shape index (κ1) is 11.8. The molecule has 1 atom stereocenters. The highest BCUT2D eigenvalue weighted by atomic mass is 32.2. The number of rotatable bonds is 4. The first-order valence-corrected chi connectivity index (χ1v) is 7.26. The van der Waals surface area contributed by atoms with Gasteiger partial charge < -0.3 is 9.88 Å². The van der Waals surface area contributed by atoms with Crippen molar-refractivity contribution in [3.05, 3.63) is 12.4 Å². The summed E-state index contributed by atoms with van der Waals surface area (Å²) in [6, 6.07) is 0.604. The number of anilines is 1. The summed E-state index contributed by atoms with van der Waals surface area (Å²) in [6.07, 6.45) is 6.56. The predicted molar refractivity (Wildman–Crippen MR) is 71.0 cm³/mol. The first-order valence-electron chi connectivity index (χ1n) is 6.11. The fourth-order valence-electron chi connectivity index (χ4n) is 2.03. The van der Waals surface area contributed by atoms with Crippen molar-refractivity contribution in [2.45, 2.75) is 39.3 Å². The molecule has 0 radical (unpaired) electrons. The molecule has 90 valence electrons. The molecule has 0 aliphatic carbocycles.